The van der Waals surface area contributed by atoms with Crippen molar-refractivity contribution in [2.24, 2.45) is 10.2 Å². The topological polar surface area (TPSA) is 115 Å². The second kappa shape index (κ2) is 10.0. The van der Waals surface area contributed by atoms with Crippen molar-refractivity contribution < 1.29 is 19.8 Å². The van der Waals surface area contributed by atoms with Gasteiger partial charge in [-0.3, -0.25) is 10.2 Å². The molecule has 8 heteroatoms. The van der Waals surface area contributed by atoms with Gasteiger partial charge < -0.3 is 10.2 Å². The number of aromatic carboxylic acids is 1. The number of rotatable bonds is 6. The number of carboxylic acids is 1. The Labute approximate surface area is 219 Å². The molecule has 0 unspecified atom stereocenters. The Balaban J connectivity index is 1.50. The van der Waals surface area contributed by atoms with Gasteiger partial charge in [0.25, 0.3) is 0 Å². The van der Waals surface area contributed by atoms with E-state index in [1.165, 1.54) is 11.1 Å². The Morgan fingerprint density at radius 2 is 1.61 bits per heavy atom. The summed E-state index contributed by atoms with van der Waals surface area (Å²) in [7, 11) is 0. The minimum absolute atomic E-state index is 0.149. The number of amides is 1. The van der Waals surface area contributed by atoms with Gasteiger partial charge in [0.15, 0.2) is 5.71 Å². The molecule has 188 valence electrons. The van der Waals surface area contributed by atoms with Crippen LogP contribution in [0.15, 0.2) is 101 Å². The lowest BCUT2D eigenvalue weighted by Gasteiger charge is -2.13. The summed E-state index contributed by atoms with van der Waals surface area (Å²) in [5, 5.41) is 30.2. The second-order valence-corrected chi connectivity index (χ2v) is 8.86. The highest BCUT2D eigenvalue weighted by atomic mass is 16.4. The summed E-state index contributed by atoms with van der Waals surface area (Å²) >= 11 is 0. The lowest BCUT2D eigenvalue weighted by molar-refractivity contribution is -0.112. The number of anilines is 2. The molecule has 1 aliphatic heterocycles. The molecule has 0 atom stereocenters. The first-order chi connectivity index (χ1) is 18.3. The van der Waals surface area contributed by atoms with Crippen molar-refractivity contribution in [3.63, 3.8) is 0 Å². The molecule has 1 amide bonds. The predicted molar refractivity (Wildman–Crippen MR) is 148 cm³/mol. The van der Waals surface area contributed by atoms with Gasteiger partial charge in [-0.2, -0.15) is 15.2 Å². The van der Waals surface area contributed by atoms with Gasteiger partial charge in [0, 0.05) is 11.1 Å². The smallest absolute Gasteiger partial charge is 0.339 e. The number of aromatic hydroxyl groups is 1. The van der Waals surface area contributed by atoms with Crippen molar-refractivity contribution in [3.05, 3.63) is 113 Å². The molecule has 0 bridgehead atoms. The maximum absolute atomic E-state index is 13.5. The summed E-state index contributed by atoms with van der Waals surface area (Å²) in [5.41, 5.74) is 8.38. The molecule has 1 heterocycles. The van der Waals surface area contributed by atoms with Gasteiger partial charge in [0.1, 0.15) is 17.0 Å². The highest BCUT2D eigenvalue weighted by Crippen LogP contribution is 2.33. The minimum Gasteiger partial charge on any atom is -0.506 e. The maximum Gasteiger partial charge on any atom is 0.339 e. The molecule has 5 rings (SSSR count). The molecule has 8 nitrogen and oxygen atoms in total. The quantitative estimate of drug-likeness (QED) is 0.296. The van der Waals surface area contributed by atoms with Gasteiger partial charge in [0.05, 0.1) is 11.4 Å². The van der Waals surface area contributed by atoms with Crippen molar-refractivity contribution >= 4 is 34.7 Å². The summed E-state index contributed by atoms with van der Waals surface area (Å²) in [6.45, 7) is 3.99. The largest absolute Gasteiger partial charge is 0.506 e. The summed E-state index contributed by atoms with van der Waals surface area (Å²) in [4.78, 5) is 24.9. The normalized spacial score (nSPS) is 14.1. The van der Waals surface area contributed by atoms with E-state index >= 15 is 0 Å². The van der Waals surface area contributed by atoms with Crippen molar-refractivity contribution in [2.75, 3.05) is 10.4 Å². The third-order valence-corrected chi connectivity index (χ3v) is 6.34. The molecule has 3 N–H and O–H groups in total. The van der Waals surface area contributed by atoms with E-state index in [0.717, 1.165) is 16.7 Å². The Morgan fingerprint density at radius 1 is 0.868 bits per heavy atom. The van der Waals surface area contributed by atoms with Crippen LogP contribution in [0.5, 0.6) is 5.75 Å². The lowest BCUT2D eigenvalue weighted by Crippen LogP contribution is -2.28. The van der Waals surface area contributed by atoms with Gasteiger partial charge in [-0.25, -0.2) is 4.79 Å². The van der Waals surface area contributed by atoms with Gasteiger partial charge in [0.2, 0.25) is 0 Å². The van der Waals surface area contributed by atoms with E-state index in [1.807, 2.05) is 62.4 Å². The van der Waals surface area contributed by atoms with E-state index in [4.69, 9.17) is 0 Å². The van der Waals surface area contributed by atoms with Gasteiger partial charge in [-0.15, -0.1) is 0 Å². The van der Waals surface area contributed by atoms with E-state index in [-0.39, 0.29) is 22.9 Å². The number of hydrazone groups is 2. The molecular formula is C30H24N4O4. The number of carbonyl (C=O) groups is 2. The van der Waals surface area contributed by atoms with Crippen LogP contribution < -0.4 is 10.4 Å². The zero-order chi connectivity index (χ0) is 26.8. The maximum atomic E-state index is 13.5. The average Bonchev–Trinajstić information content (AvgIpc) is 3.25. The first kappa shape index (κ1) is 24.5. The molecule has 0 saturated carbocycles. The van der Waals surface area contributed by atoms with E-state index in [1.54, 1.807) is 36.4 Å². The van der Waals surface area contributed by atoms with Crippen LogP contribution in [0, 0.1) is 13.8 Å². The highest BCUT2D eigenvalue weighted by molar-refractivity contribution is 6.74. The van der Waals surface area contributed by atoms with Crippen LogP contribution in [0.3, 0.4) is 0 Å². The molecule has 0 fully saturated rings. The first-order valence-corrected chi connectivity index (χ1v) is 11.9. The van der Waals surface area contributed by atoms with Crippen LogP contribution in [0.4, 0.5) is 11.4 Å². The highest BCUT2D eigenvalue weighted by Gasteiger charge is 2.34. The molecule has 0 radical (unpaired) electrons. The number of carboxylic acid groups (broad SMARTS) is 1. The zero-order valence-corrected chi connectivity index (χ0v) is 20.7. The number of aryl methyl sites for hydroxylation is 2. The van der Waals surface area contributed by atoms with E-state index in [2.05, 4.69) is 15.6 Å². The second-order valence-electron chi connectivity index (χ2n) is 8.86. The summed E-state index contributed by atoms with van der Waals surface area (Å²) in [6, 6.07) is 26.6. The number of nitrogens with zero attached hydrogens (tertiary/aromatic N) is 3. The number of carbonyl (C=O) groups excluding carboxylic acids is 1. The lowest BCUT2D eigenvalue weighted by atomic mass is 10.0. The van der Waals surface area contributed by atoms with Crippen molar-refractivity contribution in [1.82, 2.24) is 0 Å². The van der Waals surface area contributed by atoms with Gasteiger partial charge >= 0.3 is 11.9 Å². The van der Waals surface area contributed by atoms with Crippen molar-refractivity contribution in [2.45, 2.75) is 13.8 Å². The van der Waals surface area contributed by atoms with E-state index in [9.17, 15) is 19.8 Å². The minimum atomic E-state index is -1.22. The Bertz CT molecular complexity index is 1630. The molecule has 0 spiro atoms. The molecule has 4 aromatic carbocycles. The monoisotopic (exact) mass is 504 g/mol. The Hall–Kier alpha value is -5.24. The summed E-state index contributed by atoms with van der Waals surface area (Å²) < 4.78 is 0. The van der Waals surface area contributed by atoms with Gasteiger partial charge in [-0.1, -0.05) is 60.7 Å². The van der Waals surface area contributed by atoms with Crippen LogP contribution in [-0.4, -0.2) is 33.5 Å². The van der Waals surface area contributed by atoms with E-state index < -0.39 is 5.97 Å². The Morgan fingerprint density at radius 3 is 2.34 bits per heavy atom. The average molecular weight is 505 g/mol. The summed E-state index contributed by atoms with van der Waals surface area (Å²) in [6.07, 6.45) is 0. The van der Waals surface area contributed by atoms with Gasteiger partial charge in [-0.05, 0) is 60.9 Å². The molecule has 38 heavy (non-hydrogen) atoms. The van der Waals surface area contributed by atoms with Crippen molar-refractivity contribution in [3.8, 4) is 16.9 Å². The fourth-order valence-electron chi connectivity index (χ4n) is 4.14. The first-order valence-electron chi connectivity index (χ1n) is 11.9. The number of hydrogen-bond acceptors (Lipinski definition) is 6. The third kappa shape index (κ3) is 4.62. The molecule has 0 saturated heterocycles. The SMILES string of the molecule is Cc1ccc(N2N=C(c3ccccc3)C(=NNc3cccc(-c4cccc(C(=O)O)c4O)c3)C2=O)cc1C. The number of nitrogens with one attached hydrogen (secondary N) is 1. The van der Waals surface area contributed by atoms with E-state index in [0.29, 0.717) is 28.2 Å². The molecular weight excluding hydrogens is 480 g/mol. The zero-order valence-electron chi connectivity index (χ0n) is 20.7. The summed E-state index contributed by atoms with van der Waals surface area (Å²) in [5.74, 6) is -1.91. The molecule has 4 aromatic rings. The fourth-order valence-corrected chi connectivity index (χ4v) is 4.14. The van der Waals surface area contributed by atoms with Crippen LogP contribution in [0.25, 0.3) is 11.1 Å². The Kier molecular flexibility index (Phi) is 6.45. The van der Waals surface area contributed by atoms with Crippen LogP contribution in [0.2, 0.25) is 0 Å². The van der Waals surface area contributed by atoms with Crippen LogP contribution in [-0.2, 0) is 4.79 Å². The molecule has 0 aromatic heterocycles. The number of para-hydroxylation sites is 1. The standard InChI is InChI=1S/C30H24N4O4/c1-18-14-15-23(16-19(18)2)34-29(36)27(26(33-34)20-8-4-3-5-9-20)32-31-22-11-6-10-21(17-22)24-12-7-13-25(28(24)35)30(37)38/h3-17,31,35H,1-2H3,(H,37,38). The van der Waals surface area contributed by atoms with Crippen LogP contribution in [0.1, 0.15) is 27.0 Å². The third-order valence-electron chi connectivity index (χ3n) is 6.34. The molecule has 1 aliphatic rings. The van der Waals surface area contributed by atoms with Crippen molar-refractivity contribution in [1.29, 1.82) is 0 Å². The number of hydrogen-bond donors (Lipinski definition) is 3. The van der Waals surface area contributed by atoms with Crippen LogP contribution >= 0.6 is 0 Å². The number of phenols is 1. The fraction of sp³-hybridized carbons (Fsp3) is 0.0667. The molecule has 0 aliphatic carbocycles. The predicted octanol–water partition coefficient (Wildman–Crippen LogP) is 5.59. The number of benzene rings is 4.